The summed E-state index contributed by atoms with van der Waals surface area (Å²) in [6.45, 7) is 6.43. The smallest absolute Gasteiger partial charge is 0.324 e. The maximum absolute atomic E-state index is 12.1. The Kier molecular flexibility index (Phi) is 3.94. The molecule has 7 nitrogen and oxygen atoms in total. The number of rotatable bonds is 3. The SMILES string of the molecule is Cc1sc(NC(=O)CN2C(=O)NC(C)(C)C2=O)c(C#N)c1C. The molecule has 0 aromatic carbocycles. The summed E-state index contributed by atoms with van der Waals surface area (Å²) < 4.78 is 0. The number of hydrogen-bond acceptors (Lipinski definition) is 5. The summed E-state index contributed by atoms with van der Waals surface area (Å²) in [5.74, 6) is -0.967. The average Bonchev–Trinajstić information content (AvgIpc) is 2.78. The van der Waals surface area contributed by atoms with Gasteiger partial charge in [-0.25, -0.2) is 4.79 Å². The van der Waals surface area contributed by atoms with Gasteiger partial charge in [0.05, 0.1) is 5.56 Å². The van der Waals surface area contributed by atoms with Crippen molar-refractivity contribution in [2.75, 3.05) is 11.9 Å². The minimum Gasteiger partial charge on any atom is -0.324 e. The lowest BCUT2D eigenvalue weighted by molar-refractivity contribution is -0.132. The number of nitrogens with one attached hydrogen (secondary N) is 2. The molecule has 1 aliphatic heterocycles. The Labute approximate surface area is 131 Å². The van der Waals surface area contributed by atoms with Gasteiger partial charge in [0.25, 0.3) is 5.91 Å². The summed E-state index contributed by atoms with van der Waals surface area (Å²) in [6, 6.07) is 1.46. The van der Waals surface area contributed by atoms with Crippen molar-refractivity contribution >= 4 is 34.2 Å². The monoisotopic (exact) mass is 320 g/mol. The number of imide groups is 1. The van der Waals surface area contributed by atoms with E-state index in [0.29, 0.717) is 10.6 Å². The van der Waals surface area contributed by atoms with E-state index in [1.54, 1.807) is 20.8 Å². The van der Waals surface area contributed by atoms with Gasteiger partial charge in [-0.1, -0.05) is 0 Å². The van der Waals surface area contributed by atoms with Gasteiger partial charge in [-0.15, -0.1) is 11.3 Å². The number of urea groups is 1. The Morgan fingerprint density at radius 2 is 2.05 bits per heavy atom. The van der Waals surface area contributed by atoms with Gasteiger partial charge in [0, 0.05) is 4.88 Å². The number of carbonyl (C=O) groups excluding carboxylic acids is 3. The van der Waals surface area contributed by atoms with Gasteiger partial charge < -0.3 is 10.6 Å². The van der Waals surface area contributed by atoms with Crippen molar-refractivity contribution in [1.82, 2.24) is 10.2 Å². The van der Waals surface area contributed by atoms with Crippen molar-refractivity contribution in [1.29, 1.82) is 5.26 Å². The predicted molar refractivity (Wildman–Crippen MR) is 81.5 cm³/mol. The van der Waals surface area contributed by atoms with Crippen molar-refractivity contribution in [3.05, 3.63) is 16.0 Å². The van der Waals surface area contributed by atoms with E-state index in [2.05, 4.69) is 16.7 Å². The summed E-state index contributed by atoms with van der Waals surface area (Å²) >= 11 is 1.29. The summed E-state index contributed by atoms with van der Waals surface area (Å²) in [6.07, 6.45) is 0. The van der Waals surface area contributed by atoms with E-state index in [1.165, 1.54) is 11.3 Å². The third-order valence-corrected chi connectivity index (χ3v) is 4.62. The summed E-state index contributed by atoms with van der Waals surface area (Å²) in [5, 5.41) is 14.7. The first-order valence-electron chi connectivity index (χ1n) is 6.61. The third kappa shape index (κ3) is 2.67. The molecule has 0 spiro atoms. The zero-order chi connectivity index (χ0) is 16.7. The fourth-order valence-electron chi connectivity index (χ4n) is 2.12. The van der Waals surface area contributed by atoms with Crippen LogP contribution in [0.1, 0.15) is 29.9 Å². The Hall–Kier alpha value is -2.40. The van der Waals surface area contributed by atoms with Gasteiger partial charge in [-0.2, -0.15) is 5.26 Å². The fourth-order valence-corrected chi connectivity index (χ4v) is 3.15. The Balaban J connectivity index is 2.12. The maximum Gasteiger partial charge on any atom is 0.325 e. The highest BCUT2D eigenvalue weighted by molar-refractivity contribution is 7.16. The highest BCUT2D eigenvalue weighted by Gasteiger charge is 2.44. The van der Waals surface area contributed by atoms with Gasteiger partial charge in [0.2, 0.25) is 5.91 Å². The minimum atomic E-state index is -1.01. The first kappa shape index (κ1) is 16.0. The standard InChI is InChI=1S/C14H16N4O3S/c1-7-8(2)22-11(9(7)5-15)16-10(19)6-18-12(20)14(3,4)17-13(18)21/h6H2,1-4H3,(H,16,19)(H,17,21). The van der Waals surface area contributed by atoms with Crippen molar-refractivity contribution < 1.29 is 14.4 Å². The second-order valence-electron chi connectivity index (χ2n) is 5.59. The first-order valence-corrected chi connectivity index (χ1v) is 7.43. The first-order chi connectivity index (χ1) is 10.2. The van der Waals surface area contributed by atoms with E-state index in [0.717, 1.165) is 15.3 Å². The molecule has 116 valence electrons. The third-order valence-electron chi connectivity index (χ3n) is 3.50. The molecule has 8 heteroatoms. The molecule has 1 aliphatic rings. The summed E-state index contributed by atoms with van der Waals surface area (Å²) in [7, 11) is 0. The fraction of sp³-hybridized carbons (Fsp3) is 0.429. The molecular formula is C14H16N4O3S. The number of thiophene rings is 1. The topological polar surface area (TPSA) is 102 Å². The highest BCUT2D eigenvalue weighted by atomic mass is 32.1. The largest absolute Gasteiger partial charge is 0.325 e. The molecule has 0 radical (unpaired) electrons. The molecule has 0 unspecified atom stereocenters. The number of aryl methyl sites for hydroxylation is 1. The number of nitrogens with zero attached hydrogens (tertiary/aromatic N) is 2. The number of carbonyl (C=O) groups is 3. The average molecular weight is 320 g/mol. The molecule has 2 heterocycles. The van der Waals surface area contributed by atoms with Crippen LogP contribution in [0, 0.1) is 25.2 Å². The molecule has 0 aliphatic carbocycles. The highest BCUT2D eigenvalue weighted by Crippen LogP contribution is 2.31. The van der Waals surface area contributed by atoms with E-state index in [4.69, 9.17) is 5.26 Å². The minimum absolute atomic E-state index is 0.380. The van der Waals surface area contributed by atoms with E-state index in [-0.39, 0.29) is 6.54 Å². The lowest BCUT2D eigenvalue weighted by Gasteiger charge is -2.15. The molecule has 1 saturated heterocycles. The van der Waals surface area contributed by atoms with Gasteiger partial charge >= 0.3 is 6.03 Å². The van der Waals surface area contributed by atoms with Gasteiger partial charge in [0.15, 0.2) is 0 Å². The Bertz CT molecular complexity index is 714. The molecular weight excluding hydrogens is 304 g/mol. The van der Waals surface area contributed by atoms with Crippen LogP contribution in [0.4, 0.5) is 9.80 Å². The van der Waals surface area contributed by atoms with Crippen LogP contribution in [-0.2, 0) is 9.59 Å². The van der Waals surface area contributed by atoms with Crippen LogP contribution >= 0.6 is 11.3 Å². The van der Waals surface area contributed by atoms with Crippen LogP contribution in [0.5, 0.6) is 0 Å². The van der Waals surface area contributed by atoms with Crippen molar-refractivity contribution in [2.24, 2.45) is 0 Å². The van der Waals surface area contributed by atoms with Crippen molar-refractivity contribution in [2.45, 2.75) is 33.2 Å². The predicted octanol–water partition coefficient (Wildman–Crippen LogP) is 1.51. The normalized spacial score (nSPS) is 16.4. The van der Waals surface area contributed by atoms with Gasteiger partial charge in [-0.3, -0.25) is 14.5 Å². The molecule has 0 saturated carbocycles. The van der Waals surface area contributed by atoms with Crippen molar-refractivity contribution in [3.8, 4) is 6.07 Å². The second kappa shape index (κ2) is 5.42. The van der Waals surface area contributed by atoms with Crippen LogP contribution in [0.15, 0.2) is 0 Å². The van der Waals surface area contributed by atoms with Crippen LogP contribution in [-0.4, -0.2) is 34.8 Å². The molecule has 4 amide bonds. The molecule has 2 N–H and O–H groups in total. The molecule has 1 aromatic rings. The van der Waals surface area contributed by atoms with Crippen LogP contribution in [0.25, 0.3) is 0 Å². The zero-order valence-electron chi connectivity index (χ0n) is 12.7. The lowest BCUT2D eigenvalue weighted by Crippen LogP contribution is -2.41. The van der Waals surface area contributed by atoms with Gasteiger partial charge in [-0.05, 0) is 33.3 Å². The van der Waals surface area contributed by atoms with Crippen LogP contribution in [0.3, 0.4) is 0 Å². The van der Waals surface area contributed by atoms with Crippen molar-refractivity contribution in [3.63, 3.8) is 0 Å². The number of nitriles is 1. The lowest BCUT2D eigenvalue weighted by atomic mass is 10.1. The molecule has 22 heavy (non-hydrogen) atoms. The molecule has 1 aromatic heterocycles. The van der Waals surface area contributed by atoms with E-state index in [1.807, 2.05) is 6.92 Å². The second-order valence-corrected chi connectivity index (χ2v) is 6.82. The molecule has 0 atom stereocenters. The number of hydrogen-bond donors (Lipinski definition) is 2. The molecule has 2 rings (SSSR count). The van der Waals surface area contributed by atoms with E-state index in [9.17, 15) is 14.4 Å². The quantitative estimate of drug-likeness (QED) is 0.824. The zero-order valence-corrected chi connectivity index (χ0v) is 13.6. The summed E-state index contributed by atoms with van der Waals surface area (Å²) in [5.41, 5.74) is 0.220. The van der Waals surface area contributed by atoms with E-state index < -0.39 is 23.4 Å². The van der Waals surface area contributed by atoms with E-state index >= 15 is 0 Å². The maximum atomic E-state index is 12.1. The Morgan fingerprint density at radius 1 is 1.41 bits per heavy atom. The summed E-state index contributed by atoms with van der Waals surface area (Å²) in [4.78, 5) is 37.6. The Morgan fingerprint density at radius 3 is 2.55 bits per heavy atom. The van der Waals surface area contributed by atoms with Gasteiger partial charge in [0.1, 0.15) is 23.2 Å². The number of amides is 4. The molecule has 0 bridgehead atoms. The molecule has 1 fully saturated rings. The van der Waals surface area contributed by atoms with Crippen LogP contribution in [0.2, 0.25) is 0 Å². The van der Waals surface area contributed by atoms with Crippen LogP contribution < -0.4 is 10.6 Å². The number of anilines is 1.